The molecule has 38 heavy (non-hydrogen) atoms. The molecule has 0 spiro atoms. The highest BCUT2D eigenvalue weighted by molar-refractivity contribution is 5.43. The highest BCUT2D eigenvalue weighted by atomic mass is 16.5. The van der Waals surface area contributed by atoms with Crippen LogP contribution < -0.4 is 9.47 Å². The minimum Gasteiger partial charge on any atom is -0.496 e. The third-order valence-electron chi connectivity index (χ3n) is 7.40. The summed E-state index contributed by atoms with van der Waals surface area (Å²) in [5, 5.41) is 0. The lowest BCUT2D eigenvalue weighted by atomic mass is 9.87. The van der Waals surface area contributed by atoms with Crippen LogP contribution >= 0.6 is 0 Å². The van der Waals surface area contributed by atoms with E-state index in [9.17, 15) is 0 Å². The lowest BCUT2D eigenvalue weighted by molar-refractivity contribution is 0.150. The molecule has 0 saturated heterocycles. The zero-order valence-electron chi connectivity index (χ0n) is 23.4. The van der Waals surface area contributed by atoms with Crippen LogP contribution in [0.3, 0.4) is 0 Å². The minimum absolute atomic E-state index is 0.151. The molecule has 0 radical (unpaired) electrons. The van der Waals surface area contributed by atoms with Gasteiger partial charge < -0.3 is 9.47 Å². The van der Waals surface area contributed by atoms with E-state index in [2.05, 4.69) is 136 Å². The fourth-order valence-electron chi connectivity index (χ4n) is 5.35. The van der Waals surface area contributed by atoms with Gasteiger partial charge in [0.2, 0.25) is 0 Å². The van der Waals surface area contributed by atoms with E-state index in [-0.39, 0.29) is 24.1 Å². The molecule has 0 heterocycles. The first-order chi connectivity index (χ1) is 18.5. The Labute approximate surface area is 229 Å². The van der Waals surface area contributed by atoms with Gasteiger partial charge in [-0.25, -0.2) is 0 Å². The Balaban J connectivity index is 1.67. The summed E-state index contributed by atoms with van der Waals surface area (Å²) >= 11 is 0. The zero-order valence-corrected chi connectivity index (χ0v) is 23.4. The van der Waals surface area contributed by atoms with Gasteiger partial charge in [-0.05, 0) is 69.0 Å². The molecule has 0 aliphatic heterocycles. The van der Waals surface area contributed by atoms with Crippen LogP contribution in [0.15, 0.2) is 109 Å². The number of hydrogen-bond donors (Lipinski definition) is 0. The summed E-state index contributed by atoms with van der Waals surface area (Å²) in [6.07, 6.45) is 1.11. The summed E-state index contributed by atoms with van der Waals surface area (Å²) in [5.74, 6) is 2.02. The van der Waals surface area contributed by atoms with Crippen molar-refractivity contribution in [1.29, 1.82) is 0 Å². The first-order valence-electron chi connectivity index (χ1n) is 13.7. The average Bonchev–Trinajstić information content (AvgIpc) is 2.96. The Morgan fingerprint density at radius 3 is 1.66 bits per heavy atom. The number of benzene rings is 4. The highest BCUT2D eigenvalue weighted by Crippen LogP contribution is 2.38. The molecule has 3 heteroatoms. The topological polar surface area (TPSA) is 21.7 Å². The van der Waals surface area contributed by atoms with E-state index in [1.165, 1.54) is 22.3 Å². The number of rotatable bonds is 12. The van der Waals surface area contributed by atoms with Crippen molar-refractivity contribution in [2.24, 2.45) is 0 Å². The van der Waals surface area contributed by atoms with Crippen molar-refractivity contribution < 1.29 is 9.47 Å². The number of nitrogens with zero attached hydrogens (tertiary/aromatic N) is 1. The van der Waals surface area contributed by atoms with Crippen LogP contribution in [0.1, 0.15) is 74.4 Å². The molecule has 0 N–H and O–H groups in total. The van der Waals surface area contributed by atoms with Crippen LogP contribution in [0.25, 0.3) is 0 Å². The third-order valence-corrected chi connectivity index (χ3v) is 7.40. The summed E-state index contributed by atoms with van der Waals surface area (Å²) < 4.78 is 11.8. The molecule has 0 bridgehead atoms. The van der Waals surface area contributed by atoms with Crippen molar-refractivity contribution in [2.75, 3.05) is 13.7 Å². The maximum Gasteiger partial charge on any atom is 0.122 e. The van der Waals surface area contributed by atoms with Crippen molar-refractivity contribution in [3.63, 3.8) is 0 Å². The van der Waals surface area contributed by atoms with Crippen molar-refractivity contribution in [1.82, 2.24) is 4.90 Å². The van der Waals surface area contributed by atoms with E-state index in [1.54, 1.807) is 7.11 Å². The first kappa shape index (κ1) is 27.5. The zero-order chi connectivity index (χ0) is 26.9. The summed E-state index contributed by atoms with van der Waals surface area (Å²) in [6, 6.07) is 39.2. The van der Waals surface area contributed by atoms with E-state index in [0.717, 1.165) is 24.5 Å². The molecule has 4 aromatic carbocycles. The number of ether oxygens (including phenoxy) is 2. The smallest absolute Gasteiger partial charge is 0.122 e. The van der Waals surface area contributed by atoms with Gasteiger partial charge in [0, 0.05) is 30.1 Å². The van der Waals surface area contributed by atoms with Crippen LogP contribution in [0.5, 0.6) is 11.5 Å². The Hall–Kier alpha value is -3.56. The van der Waals surface area contributed by atoms with Crippen LogP contribution in [-0.4, -0.2) is 24.7 Å². The molecule has 0 amide bonds. The Bertz CT molecular complexity index is 1190. The van der Waals surface area contributed by atoms with Crippen LogP contribution in [0, 0.1) is 0 Å². The van der Waals surface area contributed by atoms with Crippen LogP contribution in [0.2, 0.25) is 0 Å². The molecule has 4 rings (SSSR count). The highest BCUT2D eigenvalue weighted by Gasteiger charge is 2.26. The van der Waals surface area contributed by atoms with Gasteiger partial charge in [-0.2, -0.15) is 0 Å². The van der Waals surface area contributed by atoms with Gasteiger partial charge in [0.05, 0.1) is 13.2 Å². The van der Waals surface area contributed by atoms with Gasteiger partial charge in [0.1, 0.15) is 11.5 Å². The molecule has 4 aromatic rings. The summed E-state index contributed by atoms with van der Waals surface area (Å²) in [6.45, 7) is 9.69. The van der Waals surface area contributed by atoms with Crippen molar-refractivity contribution in [3.8, 4) is 11.5 Å². The van der Waals surface area contributed by atoms with Gasteiger partial charge in [-0.3, -0.25) is 4.90 Å². The summed E-state index contributed by atoms with van der Waals surface area (Å²) in [7, 11) is 1.76. The Morgan fingerprint density at radius 2 is 1.13 bits per heavy atom. The van der Waals surface area contributed by atoms with Crippen molar-refractivity contribution in [3.05, 3.63) is 131 Å². The van der Waals surface area contributed by atoms with E-state index >= 15 is 0 Å². The molecule has 198 valence electrons. The number of hydrogen-bond acceptors (Lipinski definition) is 3. The fourth-order valence-corrected chi connectivity index (χ4v) is 5.35. The van der Waals surface area contributed by atoms with Gasteiger partial charge in [-0.1, -0.05) is 91.0 Å². The standard InChI is InChI=1S/C35H41NO2/c1-26(2)38-32-22-20-31(21-23-32)33(34-18-12-13-19-35(34)37-5)24-25-36(27(3)29-14-8-6-9-15-29)28(4)30-16-10-7-11-17-30/h6-23,26-28,33H,24-25H2,1-5H3. The molecule has 3 unspecified atom stereocenters. The van der Waals surface area contributed by atoms with E-state index in [0.29, 0.717) is 0 Å². The lowest BCUT2D eigenvalue weighted by Gasteiger charge is -2.36. The second-order valence-corrected chi connectivity index (χ2v) is 10.2. The normalized spacial score (nSPS) is 13.8. The fraction of sp³-hybridized carbons (Fsp3) is 0.314. The molecular formula is C35H41NO2. The maximum absolute atomic E-state index is 5.93. The molecule has 3 nitrogen and oxygen atoms in total. The Kier molecular flexibility index (Phi) is 9.62. The lowest BCUT2D eigenvalue weighted by Crippen LogP contribution is -2.32. The largest absolute Gasteiger partial charge is 0.496 e. The molecule has 0 aliphatic rings. The molecular weight excluding hydrogens is 466 g/mol. The average molecular weight is 508 g/mol. The molecule has 0 saturated carbocycles. The van der Waals surface area contributed by atoms with Gasteiger partial charge in [0.25, 0.3) is 0 Å². The van der Waals surface area contributed by atoms with E-state index in [4.69, 9.17) is 9.47 Å². The second kappa shape index (κ2) is 13.3. The van der Waals surface area contributed by atoms with Gasteiger partial charge >= 0.3 is 0 Å². The molecule has 3 atom stereocenters. The van der Waals surface area contributed by atoms with Crippen molar-refractivity contribution >= 4 is 0 Å². The minimum atomic E-state index is 0.151. The summed E-state index contributed by atoms with van der Waals surface area (Å²) in [5.41, 5.74) is 5.15. The molecule has 0 aromatic heterocycles. The monoisotopic (exact) mass is 507 g/mol. The van der Waals surface area contributed by atoms with Crippen LogP contribution in [-0.2, 0) is 0 Å². The van der Waals surface area contributed by atoms with E-state index in [1.807, 2.05) is 6.07 Å². The Morgan fingerprint density at radius 1 is 0.605 bits per heavy atom. The van der Waals surface area contributed by atoms with Gasteiger partial charge in [0.15, 0.2) is 0 Å². The quantitative estimate of drug-likeness (QED) is 0.191. The molecule has 0 fully saturated rings. The van der Waals surface area contributed by atoms with Gasteiger partial charge in [-0.15, -0.1) is 0 Å². The predicted molar refractivity (Wildman–Crippen MR) is 158 cm³/mol. The number of para-hydroxylation sites is 1. The maximum atomic E-state index is 5.93. The SMILES string of the molecule is COc1ccccc1C(CCN(C(C)c1ccccc1)C(C)c1ccccc1)c1ccc(OC(C)C)cc1. The predicted octanol–water partition coefficient (Wildman–Crippen LogP) is 8.83. The van der Waals surface area contributed by atoms with Crippen molar-refractivity contribution in [2.45, 2.75) is 58.2 Å². The number of methoxy groups -OCH3 is 1. The third kappa shape index (κ3) is 6.85. The van der Waals surface area contributed by atoms with E-state index < -0.39 is 0 Å². The molecule has 0 aliphatic carbocycles. The summed E-state index contributed by atoms with van der Waals surface area (Å²) in [4.78, 5) is 2.63. The van der Waals surface area contributed by atoms with Crippen LogP contribution in [0.4, 0.5) is 0 Å². The first-order valence-corrected chi connectivity index (χ1v) is 13.7. The second-order valence-electron chi connectivity index (χ2n) is 10.2.